The average Bonchev–Trinajstić information content (AvgIpc) is 2.33. The predicted octanol–water partition coefficient (Wildman–Crippen LogP) is 3.11. The lowest BCUT2D eigenvalue weighted by Gasteiger charge is -2.12. The van der Waals surface area contributed by atoms with E-state index in [1.165, 1.54) is 12.1 Å². The van der Waals surface area contributed by atoms with Crippen LogP contribution in [0.2, 0.25) is 0 Å². The molecule has 2 nitrogen and oxygen atoms in total. The molecular weight excluding hydrogens is 229 g/mol. The van der Waals surface area contributed by atoms with Gasteiger partial charge in [-0.05, 0) is 48.7 Å². The largest absolute Gasteiger partial charge is 0.386 e. The summed E-state index contributed by atoms with van der Waals surface area (Å²) in [6, 6.07) is 8.34. The number of aliphatic hydroxyl groups is 1. The Kier molecular flexibility index (Phi) is 3.72. The SMILES string of the molecule is Cc1ccc(C(O)Cc2ccc(F)cc2C)nc1. The summed E-state index contributed by atoms with van der Waals surface area (Å²) in [7, 11) is 0. The second kappa shape index (κ2) is 5.27. The number of rotatable bonds is 3. The van der Waals surface area contributed by atoms with Crippen LogP contribution in [0.3, 0.4) is 0 Å². The van der Waals surface area contributed by atoms with Crippen LogP contribution >= 0.6 is 0 Å². The molecule has 1 unspecified atom stereocenters. The van der Waals surface area contributed by atoms with Gasteiger partial charge >= 0.3 is 0 Å². The standard InChI is InChI=1S/C15H16FNO/c1-10-3-6-14(17-9-10)15(18)8-12-4-5-13(16)7-11(12)2/h3-7,9,15,18H,8H2,1-2H3. The van der Waals surface area contributed by atoms with Crippen LogP contribution < -0.4 is 0 Å². The van der Waals surface area contributed by atoms with Gasteiger partial charge < -0.3 is 5.11 Å². The van der Waals surface area contributed by atoms with Crippen molar-refractivity contribution in [2.24, 2.45) is 0 Å². The molecular formula is C15H16FNO. The fourth-order valence-corrected chi connectivity index (χ4v) is 1.88. The van der Waals surface area contributed by atoms with Crippen molar-refractivity contribution in [3.05, 3.63) is 64.7 Å². The summed E-state index contributed by atoms with van der Waals surface area (Å²) in [6.45, 7) is 3.79. The zero-order chi connectivity index (χ0) is 13.1. The third-order valence-corrected chi connectivity index (χ3v) is 2.99. The van der Waals surface area contributed by atoms with E-state index in [0.717, 1.165) is 16.7 Å². The highest BCUT2D eigenvalue weighted by molar-refractivity contribution is 5.28. The van der Waals surface area contributed by atoms with Gasteiger partial charge in [0.05, 0.1) is 11.8 Å². The van der Waals surface area contributed by atoms with Crippen LogP contribution in [0.15, 0.2) is 36.5 Å². The van der Waals surface area contributed by atoms with E-state index in [-0.39, 0.29) is 5.82 Å². The Hall–Kier alpha value is -1.74. The van der Waals surface area contributed by atoms with Gasteiger partial charge in [0.25, 0.3) is 0 Å². The molecule has 0 bridgehead atoms. The van der Waals surface area contributed by atoms with Crippen molar-refractivity contribution in [3.63, 3.8) is 0 Å². The number of benzene rings is 1. The molecule has 1 aromatic heterocycles. The van der Waals surface area contributed by atoms with Gasteiger partial charge in [-0.15, -0.1) is 0 Å². The molecule has 2 rings (SSSR count). The molecule has 1 atom stereocenters. The van der Waals surface area contributed by atoms with Crippen molar-refractivity contribution in [3.8, 4) is 0 Å². The van der Waals surface area contributed by atoms with Gasteiger partial charge in [0.1, 0.15) is 5.82 Å². The van der Waals surface area contributed by atoms with E-state index in [1.54, 1.807) is 12.3 Å². The zero-order valence-electron chi connectivity index (χ0n) is 10.5. The predicted molar refractivity (Wildman–Crippen MR) is 68.8 cm³/mol. The van der Waals surface area contributed by atoms with Crippen LogP contribution in [0.1, 0.15) is 28.5 Å². The third-order valence-electron chi connectivity index (χ3n) is 2.99. The quantitative estimate of drug-likeness (QED) is 0.901. The molecule has 0 amide bonds. The number of hydrogen-bond acceptors (Lipinski definition) is 2. The minimum absolute atomic E-state index is 0.251. The molecule has 1 heterocycles. The Balaban J connectivity index is 2.15. The number of aryl methyl sites for hydroxylation is 2. The van der Waals surface area contributed by atoms with Crippen LogP contribution in [0.4, 0.5) is 4.39 Å². The van der Waals surface area contributed by atoms with Crippen molar-refractivity contribution < 1.29 is 9.50 Å². The lowest BCUT2D eigenvalue weighted by Crippen LogP contribution is -2.05. The van der Waals surface area contributed by atoms with Crippen LogP contribution in [0.25, 0.3) is 0 Å². The number of nitrogens with zero attached hydrogens (tertiary/aromatic N) is 1. The second-order valence-corrected chi connectivity index (χ2v) is 4.55. The van der Waals surface area contributed by atoms with Gasteiger partial charge in [-0.3, -0.25) is 4.98 Å². The lowest BCUT2D eigenvalue weighted by molar-refractivity contribution is 0.173. The number of aromatic nitrogens is 1. The van der Waals surface area contributed by atoms with E-state index >= 15 is 0 Å². The molecule has 0 spiro atoms. The first-order valence-electron chi connectivity index (χ1n) is 5.92. The smallest absolute Gasteiger partial charge is 0.123 e. The highest BCUT2D eigenvalue weighted by atomic mass is 19.1. The summed E-state index contributed by atoms with van der Waals surface area (Å²) in [5, 5.41) is 10.1. The number of aliphatic hydroxyl groups excluding tert-OH is 1. The monoisotopic (exact) mass is 245 g/mol. The maximum absolute atomic E-state index is 13.0. The van der Waals surface area contributed by atoms with Crippen molar-refractivity contribution in [1.82, 2.24) is 4.98 Å². The molecule has 18 heavy (non-hydrogen) atoms. The van der Waals surface area contributed by atoms with Crippen LogP contribution in [-0.2, 0) is 6.42 Å². The molecule has 3 heteroatoms. The molecule has 0 aliphatic rings. The van der Waals surface area contributed by atoms with Crippen molar-refractivity contribution >= 4 is 0 Å². The first kappa shape index (κ1) is 12.7. The van der Waals surface area contributed by atoms with Crippen molar-refractivity contribution in [2.45, 2.75) is 26.4 Å². The van der Waals surface area contributed by atoms with Gasteiger partial charge in [-0.2, -0.15) is 0 Å². The minimum atomic E-state index is -0.658. The first-order valence-corrected chi connectivity index (χ1v) is 5.92. The first-order chi connectivity index (χ1) is 8.56. The maximum Gasteiger partial charge on any atom is 0.123 e. The summed E-state index contributed by atoms with van der Waals surface area (Å²) in [6.07, 6.45) is 1.52. The Morgan fingerprint density at radius 2 is 2.00 bits per heavy atom. The van der Waals surface area contributed by atoms with E-state index in [2.05, 4.69) is 4.98 Å². The minimum Gasteiger partial charge on any atom is -0.386 e. The molecule has 0 saturated heterocycles. The van der Waals surface area contributed by atoms with E-state index in [0.29, 0.717) is 12.1 Å². The molecule has 1 N–H and O–H groups in total. The van der Waals surface area contributed by atoms with Crippen LogP contribution in [0.5, 0.6) is 0 Å². The third kappa shape index (κ3) is 2.93. The Morgan fingerprint density at radius 1 is 1.22 bits per heavy atom. The van der Waals surface area contributed by atoms with E-state index in [9.17, 15) is 9.50 Å². The zero-order valence-corrected chi connectivity index (χ0v) is 10.5. The summed E-state index contributed by atoms with van der Waals surface area (Å²) >= 11 is 0. The normalized spacial score (nSPS) is 12.4. The molecule has 0 saturated carbocycles. The number of hydrogen-bond donors (Lipinski definition) is 1. The van der Waals surface area contributed by atoms with E-state index < -0.39 is 6.10 Å². The van der Waals surface area contributed by atoms with Gasteiger partial charge in [0, 0.05) is 12.6 Å². The molecule has 0 radical (unpaired) electrons. The van der Waals surface area contributed by atoms with Gasteiger partial charge in [0.15, 0.2) is 0 Å². The number of halogens is 1. The average molecular weight is 245 g/mol. The molecule has 2 aromatic rings. The topological polar surface area (TPSA) is 33.1 Å². The molecule has 0 aliphatic carbocycles. The van der Waals surface area contributed by atoms with Gasteiger partial charge in [0.2, 0.25) is 0 Å². The van der Waals surface area contributed by atoms with Gasteiger partial charge in [-0.1, -0.05) is 12.1 Å². The summed E-state index contributed by atoms with van der Waals surface area (Å²) < 4.78 is 13.0. The number of pyridine rings is 1. The Bertz CT molecular complexity index is 537. The van der Waals surface area contributed by atoms with Gasteiger partial charge in [-0.25, -0.2) is 4.39 Å². The van der Waals surface area contributed by atoms with E-state index in [1.807, 2.05) is 26.0 Å². The summed E-state index contributed by atoms with van der Waals surface area (Å²) in [5.74, 6) is -0.251. The highest BCUT2D eigenvalue weighted by Gasteiger charge is 2.11. The van der Waals surface area contributed by atoms with Crippen LogP contribution in [0, 0.1) is 19.7 Å². The highest BCUT2D eigenvalue weighted by Crippen LogP contribution is 2.19. The molecule has 94 valence electrons. The fraction of sp³-hybridized carbons (Fsp3) is 0.267. The Morgan fingerprint density at radius 3 is 2.61 bits per heavy atom. The maximum atomic E-state index is 13.0. The van der Waals surface area contributed by atoms with Crippen LogP contribution in [-0.4, -0.2) is 10.1 Å². The lowest BCUT2D eigenvalue weighted by atomic mass is 10.0. The van der Waals surface area contributed by atoms with E-state index in [4.69, 9.17) is 0 Å². The molecule has 0 aliphatic heterocycles. The Labute approximate surface area is 106 Å². The molecule has 0 fully saturated rings. The van der Waals surface area contributed by atoms with Crippen molar-refractivity contribution in [1.29, 1.82) is 0 Å². The fourth-order valence-electron chi connectivity index (χ4n) is 1.88. The molecule has 1 aromatic carbocycles. The van der Waals surface area contributed by atoms with Crippen molar-refractivity contribution in [2.75, 3.05) is 0 Å². The summed E-state index contributed by atoms with van der Waals surface area (Å²) in [5.41, 5.74) is 3.49. The summed E-state index contributed by atoms with van der Waals surface area (Å²) in [4.78, 5) is 4.20. The second-order valence-electron chi connectivity index (χ2n) is 4.55.